The number of halogens is 1. The molecular weight excluding hydrogens is 278 g/mol. The second-order valence-electron chi connectivity index (χ2n) is 3.17. The van der Waals surface area contributed by atoms with Crippen molar-refractivity contribution in [3.8, 4) is 11.5 Å². The monoisotopic (exact) mass is 289 g/mol. The molecule has 1 unspecified atom stereocenters. The zero-order chi connectivity index (χ0) is 12.3. The van der Waals surface area contributed by atoms with Gasteiger partial charge in [-0.15, -0.1) is 0 Å². The Labute approximate surface area is 101 Å². The number of carbonyl (C=O) groups is 1. The molecule has 1 aromatic rings. The maximum Gasteiger partial charge on any atom is 0.312 e. The highest BCUT2D eigenvalue weighted by atomic mass is 79.9. The fraction of sp³-hybridized carbons (Fsp3) is 0.300. The predicted octanol–water partition coefficient (Wildman–Crippen LogP) is 1.29. The van der Waals surface area contributed by atoms with E-state index in [-0.39, 0.29) is 17.9 Å². The molecule has 5 nitrogen and oxygen atoms in total. The van der Waals surface area contributed by atoms with Gasteiger partial charge in [0.15, 0.2) is 0 Å². The van der Waals surface area contributed by atoms with Crippen molar-refractivity contribution in [1.82, 2.24) is 0 Å². The van der Waals surface area contributed by atoms with E-state index in [0.29, 0.717) is 10.2 Å². The quantitative estimate of drug-likeness (QED) is 0.777. The molecule has 6 heteroatoms. The minimum atomic E-state index is -1.09. The van der Waals surface area contributed by atoms with Gasteiger partial charge in [-0.3, -0.25) is 4.79 Å². The molecule has 0 aromatic heterocycles. The summed E-state index contributed by atoms with van der Waals surface area (Å²) in [6.45, 7) is -0.0947. The molecule has 4 N–H and O–H groups in total. The smallest absolute Gasteiger partial charge is 0.312 e. The minimum Gasteiger partial charge on any atom is -0.506 e. The molecule has 1 aromatic carbocycles. The number of carboxylic acid groups (broad SMARTS) is 1. The number of aromatic hydroxyl groups is 1. The molecule has 1 rings (SSSR count). The average molecular weight is 290 g/mol. The topological polar surface area (TPSA) is 92.8 Å². The molecule has 0 saturated carbocycles. The first-order chi connectivity index (χ1) is 7.51. The van der Waals surface area contributed by atoms with Gasteiger partial charge in [0.25, 0.3) is 0 Å². The zero-order valence-electron chi connectivity index (χ0n) is 8.61. The maximum atomic E-state index is 10.9. The Morgan fingerprint density at radius 3 is 2.69 bits per heavy atom. The lowest BCUT2D eigenvalue weighted by Crippen LogP contribution is -2.21. The predicted molar refractivity (Wildman–Crippen MR) is 61.8 cm³/mol. The van der Waals surface area contributed by atoms with Crippen LogP contribution in [0.1, 0.15) is 11.5 Å². The van der Waals surface area contributed by atoms with Crippen molar-refractivity contribution in [3.63, 3.8) is 0 Å². The SMILES string of the molecule is COc1cc(Br)c(O)c(C(CN)C(=O)O)c1. The maximum absolute atomic E-state index is 10.9. The van der Waals surface area contributed by atoms with E-state index < -0.39 is 11.9 Å². The molecule has 0 radical (unpaired) electrons. The molecule has 0 aliphatic heterocycles. The summed E-state index contributed by atoms with van der Waals surface area (Å²) < 4.78 is 5.37. The lowest BCUT2D eigenvalue weighted by molar-refractivity contribution is -0.138. The number of phenols is 1. The van der Waals surface area contributed by atoms with E-state index in [1.807, 2.05) is 0 Å². The highest BCUT2D eigenvalue weighted by Gasteiger charge is 2.23. The average Bonchev–Trinajstić information content (AvgIpc) is 2.24. The van der Waals surface area contributed by atoms with Gasteiger partial charge in [0.1, 0.15) is 11.5 Å². The number of hydrogen-bond donors (Lipinski definition) is 3. The number of benzene rings is 1. The fourth-order valence-electron chi connectivity index (χ4n) is 1.34. The molecule has 0 aliphatic rings. The van der Waals surface area contributed by atoms with E-state index in [9.17, 15) is 9.90 Å². The summed E-state index contributed by atoms with van der Waals surface area (Å²) in [5.41, 5.74) is 5.61. The number of methoxy groups -OCH3 is 1. The third kappa shape index (κ3) is 2.45. The van der Waals surface area contributed by atoms with Crippen LogP contribution >= 0.6 is 15.9 Å². The lowest BCUT2D eigenvalue weighted by Gasteiger charge is -2.14. The highest BCUT2D eigenvalue weighted by Crippen LogP contribution is 2.36. The number of rotatable bonds is 4. The first-order valence-electron chi connectivity index (χ1n) is 4.50. The standard InChI is InChI=1S/C10H12BrNO4/c1-16-5-2-6(7(4-12)10(14)15)9(13)8(11)3-5/h2-3,7,13H,4,12H2,1H3,(H,14,15). The van der Waals surface area contributed by atoms with Crippen LogP contribution in [0.3, 0.4) is 0 Å². The second-order valence-corrected chi connectivity index (χ2v) is 4.03. The van der Waals surface area contributed by atoms with E-state index in [1.165, 1.54) is 13.2 Å². The minimum absolute atomic E-state index is 0.0947. The van der Waals surface area contributed by atoms with Crippen LogP contribution in [-0.4, -0.2) is 29.8 Å². The normalized spacial score (nSPS) is 12.2. The number of phenolic OH excluding ortho intramolecular Hbond substituents is 1. The fourth-order valence-corrected chi connectivity index (χ4v) is 1.79. The molecule has 0 spiro atoms. The van der Waals surface area contributed by atoms with Gasteiger partial charge in [-0.1, -0.05) is 0 Å². The van der Waals surface area contributed by atoms with Crippen LogP contribution in [0.4, 0.5) is 0 Å². The summed E-state index contributed by atoms with van der Waals surface area (Å²) in [4.78, 5) is 10.9. The Bertz CT molecular complexity index is 408. The Morgan fingerprint density at radius 2 is 2.25 bits per heavy atom. The summed E-state index contributed by atoms with van der Waals surface area (Å²) in [7, 11) is 1.46. The van der Waals surface area contributed by atoms with Crippen molar-refractivity contribution >= 4 is 21.9 Å². The van der Waals surface area contributed by atoms with Crippen molar-refractivity contribution in [3.05, 3.63) is 22.2 Å². The van der Waals surface area contributed by atoms with Crippen LogP contribution in [0.2, 0.25) is 0 Å². The Hall–Kier alpha value is -1.27. The second kappa shape index (κ2) is 5.18. The Balaban J connectivity index is 3.30. The third-order valence-corrected chi connectivity index (χ3v) is 2.82. The molecule has 0 aliphatic carbocycles. The number of ether oxygens (including phenoxy) is 1. The van der Waals surface area contributed by atoms with Gasteiger partial charge in [0, 0.05) is 12.1 Å². The van der Waals surface area contributed by atoms with Crippen molar-refractivity contribution in [1.29, 1.82) is 0 Å². The first-order valence-corrected chi connectivity index (χ1v) is 5.29. The van der Waals surface area contributed by atoms with Gasteiger partial charge in [-0.25, -0.2) is 0 Å². The van der Waals surface area contributed by atoms with Crippen LogP contribution < -0.4 is 10.5 Å². The van der Waals surface area contributed by atoms with Crippen LogP contribution in [0.15, 0.2) is 16.6 Å². The molecule has 0 heterocycles. The van der Waals surface area contributed by atoms with Gasteiger partial charge >= 0.3 is 5.97 Å². The van der Waals surface area contributed by atoms with Crippen molar-refractivity contribution in [2.24, 2.45) is 5.73 Å². The molecule has 16 heavy (non-hydrogen) atoms. The van der Waals surface area contributed by atoms with Crippen LogP contribution in [0, 0.1) is 0 Å². The van der Waals surface area contributed by atoms with Gasteiger partial charge in [0.05, 0.1) is 17.5 Å². The summed E-state index contributed by atoms with van der Waals surface area (Å²) in [6.07, 6.45) is 0. The van der Waals surface area contributed by atoms with Gasteiger partial charge in [0.2, 0.25) is 0 Å². The number of hydrogen-bond acceptors (Lipinski definition) is 4. The summed E-state index contributed by atoms with van der Waals surface area (Å²) in [5, 5.41) is 18.7. The third-order valence-electron chi connectivity index (χ3n) is 2.21. The Morgan fingerprint density at radius 1 is 1.62 bits per heavy atom. The molecule has 0 fully saturated rings. The Kier molecular flexibility index (Phi) is 4.14. The van der Waals surface area contributed by atoms with Gasteiger partial charge < -0.3 is 20.7 Å². The molecule has 0 bridgehead atoms. The first kappa shape index (κ1) is 12.8. The van der Waals surface area contributed by atoms with Gasteiger partial charge in [-0.05, 0) is 28.1 Å². The zero-order valence-corrected chi connectivity index (χ0v) is 10.2. The van der Waals surface area contributed by atoms with Gasteiger partial charge in [-0.2, -0.15) is 0 Å². The van der Waals surface area contributed by atoms with E-state index in [2.05, 4.69) is 15.9 Å². The number of aliphatic carboxylic acids is 1. The van der Waals surface area contributed by atoms with Crippen LogP contribution in [0.25, 0.3) is 0 Å². The molecule has 88 valence electrons. The molecule has 0 saturated heterocycles. The van der Waals surface area contributed by atoms with Crippen molar-refractivity contribution in [2.75, 3.05) is 13.7 Å². The van der Waals surface area contributed by atoms with E-state index in [1.54, 1.807) is 6.07 Å². The van der Waals surface area contributed by atoms with E-state index in [4.69, 9.17) is 15.6 Å². The summed E-state index contributed by atoms with van der Waals surface area (Å²) in [6, 6.07) is 3.01. The summed E-state index contributed by atoms with van der Waals surface area (Å²) >= 11 is 3.12. The van der Waals surface area contributed by atoms with Crippen molar-refractivity contribution < 1.29 is 19.7 Å². The molecule has 0 amide bonds. The largest absolute Gasteiger partial charge is 0.506 e. The number of nitrogens with two attached hydrogens (primary N) is 1. The van der Waals surface area contributed by atoms with E-state index >= 15 is 0 Å². The van der Waals surface area contributed by atoms with E-state index in [0.717, 1.165) is 0 Å². The number of carboxylic acids is 1. The highest BCUT2D eigenvalue weighted by molar-refractivity contribution is 9.10. The summed E-state index contributed by atoms with van der Waals surface area (Å²) in [5.74, 6) is -1.71. The van der Waals surface area contributed by atoms with Crippen molar-refractivity contribution in [2.45, 2.75) is 5.92 Å². The molecular formula is C10H12BrNO4. The van der Waals surface area contributed by atoms with Crippen LogP contribution in [-0.2, 0) is 4.79 Å². The van der Waals surface area contributed by atoms with Crippen LogP contribution in [0.5, 0.6) is 11.5 Å². The molecule has 1 atom stereocenters. The lowest BCUT2D eigenvalue weighted by atomic mass is 9.98.